The van der Waals surface area contributed by atoms with Crippen LogP contribution < -0.4 is 4.90 Å². The minimum atomic E-state index is -5.07. The van der Waals surface area contributed by atoms with Crippen LogP contribution in [0.3, 0.4) is 0 Å². The standard InChI is InChI=1S/C34H33ClF8N4O4/c1-17-28(21-9-22(33(38,39)40)12-23(10-21)34(41,42)43)51-31(49)47(17)14-27-25(13-44-30(45-27)46-15-32(36,37)16-46)24-11-20(7-8-26(24)35)18-3-5-19(6-4-18)29(48)50-2/h7-9,11-13,17-19,21,28H,3-6,10,14-16H2,1-2H3. The lowest BCUT2D eigenvalue weighted by molar-refractivity contribution is -0.146. The lowest BCUT2D eigenvalue weighted by Gasteiger charge is -2.38. The molecule has 2 aliphatic carbocycles. The smallest absolute Gasteiger partial charge is 0.416 e. The number of amides is 1. The van der Waals surface area contributed by atoms with E-state index in [2.05, 4.69) is 9.97 Å². The largest absolute Gasteiger partial charge is 0.469 e. The van der Waals surface area contributed by atoms with Crippen molar-refractivity contribution in [1.29, 1.82) is 0 Å². The number of methoxy groups -OCH3 is 1. The first-order chi connectivity index (χ1) is 23.8. The molecule has 1 aromatic carbocycles. The Morgan fingerprint density at radius 3 is 2.35 bits per heavy atom. The van der Waals surface area contributed by atoms with E-state index < -0.39 is 73.1 Å². The highest BCUT2D eigenvalue weighted by molar-refractivity contribution is 6.33. The van der Waals surface area contributed by atoms with Gasteiger partial charge >= 0.3 is 24.4 Å². The van der Waals surface area contributed by atoms with Gasteiger partial charge < -0.3 is 14.4 Å². The SMILES string of the molecule is COC(=O)C1CCC(c2ccc(Cl)c(-c3cnc(N4CC(F)(F)C4)nc3CN3C(=O)OC(C4C=C(C(F)(F)F)C=C(C(F)(F)F)C4)C3C)c2)CC1. The Bertz CT molecular complexity index is 1750. The molecule has 3 unspecified atom stereocenters. The van der Waals surface area contributed by atoms with Gasteiger partial charge in [0.05, 0.1) is 50.0 Å². The van der Waals surface area contributed by atoms with Crippen molar-refractivity contribution in [2.24, 2.45) is 11.8 Å². The molecule has 0 radical (unpaired) electrons. The van der Waals surface area contributed by atoms with Gasteiger partial charge in [-0.15, -0.1) is 0 Å². The van der Waals surface area contributed by atoms with Crippen LogP contribution in [0, 0.1) is 11.8 Å². The number of ether oxygens (including phenoxy) is 2. The van der Waals surface area contributed by atoms with Gasteiger partial charge in [-0.2, -0.15) is 26.3 Å². The Balaban J connectivity index is 1.31. The Morgan fingerprint density at radius 2 is 1.75 bits per heavy atom. The first-order valence-corrected chi connectivity index (χ1v) is 16.6. The third-order valence-electron chi connectivity index (χ3n) is 10.0. The normalized spacial score (nSPS) is 26.6. The van der Waals surface area contributed by atoms with E-state index in [4.69, 9.17) is 21.1 Å². The van der Waals surface area contributed by atoms with Crippen LogP contribution in [0.15, 0.2) is 47.7 Å². The molecule has 3 heterocycles. The number of hydrogen-bond acceptors (Lipinski definition) is 7. The van der Waals surface area contributed by atoms with Gasteiger partial charge in [-0.25, -0.2) is 23.5 Å². The molecule has 6 rings (SSSR count). The molecule has 2 aromatic rings. The third-order valence-corrected chi connectivity index (χ3v) is 10.4. The van der Waals surface area contributed by atoms with E-state index >= 15 is 0 Å². The zero-order valence-electron chi connectivity index (χ0n) is 27.3. The van der Waals surface area contributed by atoms with Crippen molar-refractivity contribution in [2.45, 2.75) is 81.9 Å². The molecule has 3 fully saturated rings. The summed E-state index contributed by atoms with van der Waals surface area (Å²) in [5, 5.41) is 0.281. The number of carbonyl (C=O) groups excluding carboxylic acids is 2. The summed E-state index contributed by atoms with van der Waals surface area (Å²) in [5.41, 5.74) is -1.03. The molecule has 4 aliphatic rings. The van der Waals surface area contributed by atoms with E-state index in [0.29, 0.717) is 42.9 Å². The molecule has 276 valence electrons. The van der Waals surface area contributed by atoms with Crippen LogP contribution >= 0.6 is 11.6 Å². The van der Waals surface area contributed by atoms with Crippen molar-refractivity contribution < 1.29 is 54.2 Å². The van der Waals surface area contributed by atoms with Crippen LogP contribution in [-0.2, 0) is 20.8 Å². The molecule has 3 atom stereocenters. The summed E-state index contributed by atoms with van der Waals surface area (Å²) < 4.78 is 120. The number of allylic oxidation sites excluding steroid dienone is 3. The average molecular weight is 749 g/mol. The van der Waals surface area contributed by atoms with Gasteiger partial charge in [0.1, 0.15) is 6.10 Å². The van der Waals surface area contributed by atoms with E-state index in [1.54, 1.807) is 6.07 Å². The monoisotopic (exact) mass is 748 g/mol. The van der Waals surface area contributed by atoms with Crippen molar-refractivity contribution in [3.05, 3.63) is 64.0 Å². The second-order valence-corrected chi connectivity index (χ2v) is 13.8. The highest BCUT2D eigenvalue weighted by Crippen LogP contribution is 2.44. The first-order valence-electron chi connectivity index (χ1n) is 16.2. The second kappa shape index (κ2) is 13.6. The summed E-state index contributed by atoms with van der Waals surface area (Å²) in [5.74, 6) is -4.86. The highest BCUT2D eigenvalue weighted by Gasteiger charge is 2.49. The Hall–Kier alpha value is -3.95. The van der Waals surface area contributed by atoms with E-state index in [-0.39, 0.29) is 47.1 Å². The number of rotatable bonds is 7. The third kappa shape index (κ3) is 7.65. The highest BCUT2D eigenvalue weighted by atomic mass is 35.5. The molecule has 1 saturated carbocycles. The minimum absolute atomic E-state index is 0.0603. The van der Waals surface area contributed by atoms with Crippen LogP contribution in [0.5, 0.6) is 0 Å². The van der Waals surface area contributed by atoms with Crippen molar-refractivity contribution >= 4 is 29.6 Å². The molecule has 0 bridgehead atoms. The number of hydrogen-bond donors (Lipinski definition) is 0. The first kappa shape index (κ1) is 36.8. The van der Waals surface area contributed by atoms with Crippen LogP contribution in [0.4, 0.5) is 45.9 Å². The summed E-state index contributed by atoms with van der Waals surface area (Å²) >= 11 is 6.68. The van der Waals surface area contributed by atoms with Gasteiger partial charge in [0.2, 0.25) is 5.95 Å². The fraction of sp³-hybridized carbons (Fsp3) is 0.529. The molecule has 0 N–H and O–H groups in total. The number of benzene rings is 1. The molecule has 17 heteroatoms. The topological polar surface area (TPSA) is 84.9 Å². The van der Waals surface area contributed by atoms with E-state index in [1.807, 2.05) is 12.1 Å². The minimum Gasteiger partial charge on any atom is -0.469 e. The maximum absolute atomic E-state index is 13.8. The number of nitrogens with zero attached hydrogens (tertiary/aromatic N) is 4. The van der Waals surface area contributed by atoms with E-state index in [0.717, 1.165) is 10.5 Å². The van der Waals surface area contributed by atoms with Gasteiger partial charge in [0, 0.05) is 33.8 Å². The van der Waals surface area contributed by atoms with Crippen LogP contribution in [-0.4, -0.2) is 77.6 Å². The van der Waals surface area contributed by atoms with Crippen molar-refractivity contribution in [3.63, 3.8) is 0 Å². The molecule has 51 heavy (non-hydrogen) atoms. The number of aromatic nitrogens is 2. The van der Waals surface area contributed by atoms with Crippen molar-refractivity contribution in [2.75, 3.05) is 25.1 Å². The van der Waals surface area contributed by atoms with Gasteiger partial charge in [-0.1, -0.05) is 23.7 Å². The van der Waals surface area contributed by atoms with Crippen molar-refractivity contribution in [1.82, 2.24) is 14.9 Å². The molecule has 2 saturated heterocycles. The quantitative estimate of drug-likeness (QED) is 0.208. The number of cyclic esters (lactones) is 1. The maximum atomic E-state index is 13.8. The Labute approximate surface area is 292 Å². The summed E-state index contributed by atoms with van der Waals surface area (Å²) in [7, 11) is 1.35. The number of esters is 1. The Kier molecular flexibility index (Phi) is 9.78. The summed E-state index contributed by atoms with van der Waals surface area (Å²) in [6, 6.07) is 4.34. The molecule has 1 aromatic heterocycles. The van der Waals surface area contributed by atoms with Gasteiger partial charge in [0.25, 0.3) is 5.92 Å². The number of alkyl halides is 8. The van der Waals surface area contributed by atoms with Crippen LogP contribution in [0.2, 0.25) is 5.02 Å². The number of carbonyl (C=O) groups is 2. The molecule has 0 spiro atoms. The molecular weight excluding hydrogens is 716 g/mol. The molecule has 8 nitrogen and oxygen atoms in total. The predicted molar refractivity (Wildman–Crippen MR) is 168 cm³/mol. The summed E-state index contributed by atoms with van der Waals surface area (Å²) in [4.78, 5) is 36.5. The fourth-order valence-corrected chi connectivity index (χ4v) is 7.47. The zero-order chi connectivity index (χ0) is 37.0. The zero-order valence-corrected chi connectivity index (χ0v) is 28.1. The average Bonchev–Trinajstić information content (AvgIpc) is 3.34. The van der Waals surface area contributed by atoms with Gasteiger partial charge in [-0.3, -0.25) is 9.69 Å². The lowest BCUT2D eigenvalue weighted by atomic mass is 9.78. The summed E-state index contributed by atoms with van der Waals surface area (Å²) in [6.07, 6.45) is -8.60. The number of halogens is 9. The van der Waals surface area contributed by atoms with Gasteiger partial charge in [-0.05, 0) is 68.7 Å². The predicted octanol–water partition coefficient (Wildman–Crippen LogP) is 8.41. The second-order valence-electron chi connectivity index (χ2n) is 13.4. The summed E-state index contributed by atoms with van der Waals surface area (Å²) in [6.45, 7) is -0.199. The lowest BCUT2D eigenvalue weighted by Crippen LogP contribution is -2.57. The van der Waals surface area contributed by atoms with Crippen LogP contribution in [0.25, 0.3) is 11.1 Å². The van der Waals surface area contributed by atoms with Gasteiger partial charge in [0.15, 0.2) is 0 Å². The molecule has 2 aliphatic heterocycles. The Morgan fingerprint density at radius 1 is 1.06 bits per heavy atom. The van der Waals surface area contributed by atoms with E-state index in [9.17, 15) is 44.7 Å². The molecular formula is C34H33ClF8N4O4. The van der Waals surface area contributed by atoms with Crippen molar-refractivity contribution in [3.8, 4) is 11.1 Å². The maximum Gasteiger partial charge on any atom is 0.416 e. The fourth-order valence-electron chi connectivity index (χ4n) is 7.25. The van der Waals surface area contributed by atoms with E-state index in [1.165, 1.54) is 25.1 Å². The van der Waals surface area contributed by atoms with Crippen LogP contribution in [0.1, 0.15) is 56.2 Å². The number of anilines is 1. The molecule has 1 amide bonds.